The third-order valence-corrected chi connectivity index (χ3v) is 6.00. The first-order chi connectivity index (χ1) is 13.6. The fourth-order valence-corrected chi connectivity index (χ4v) is 4.11. The molecule has 3 aromatic rings. The zero-order valence-corrected chi connectivity index (χ0v) is 17.5. The van der Waals surface area contributed by atoms with Gasteiger partial charge in [0.1, 0.15) is 0 Å². The average molecular weight is 394 g/mol. The van der Waals surface area contributed by atoms with E-state index in [1.165, 1.54) is 0 Å². The van der Waals surface area contributed by atoms with Crippen LogP contribution < -0.4 is 0 Å². The summed E-state index contributed by atoms with van der Waals surface area (Å²) in [6, 6.07) is 30.4. The van der Waals surface area contributed by atoms with Gasteiger partial charge in [0.25, 0.3) is 0 Å². The Morgan fingerprint density at radius 1 is 0.464 bits per heavy atom. The van der Waals surface area contributed by atoms with E-state index in [4.69, 9.17) is 13.6 Å². The van der Waals surface area contributed by atoms with E-state index >= 15 is 0 Å². The van der Waals surface area contributed by atoms with Crippen LogP contribution in [0.15, 0.2) is 91.0 Å². The highest BCUT2D eigenvalue weighted by Gasteiger charge is 2.24. The van der Waals surface area contributed by atoms with Crippen LogP contribution >= 0.6 is 8.60 Å². The number of hydrogen-bond donors (Lipinski definition) is 0. The van der Waals surface area contributed by atoms with E-state index in [0.717, 1.165) is 16.7 Å². The Kier molecular flexibility index (Phi) is 7.76. The molecule has 3 rings (SSSR count). The molecule has 0 spiro atoms. The maximum absolute atomic E-state index is 6.24. The summed E-state index contributed by atoms with van der Waals surface area (Å²) >= 11 is 0. The van der Waals surface area contributed by atoms with E-state index in [1.54, 1.807) is 0 Å². The zero-order valence-electron chi connectivity index (χ0n) is 16.6. The first kappa shape index (κ1) is 20.7. The molecule has 0 saturated heterocycles. The first-order valence-corrected chi connectivity index (χ1v) is 10.7. The molecule has 0 amide bonds. The summed E-state index contributed by atoms with van der Waals surface area (Å²) in [6.07, 6.45) is -0.380. The van der Waals surface area contributed by atoms with Gasteiger partial charge < -0.3 is 13.6 Å². The summed E-state index contributed by atoms with van der Waals surface area (Å²) in [6.45, 7) is 6.08. The number of benzene rings is 3. The molecular weight excluding hydrogens is 367 g/mol. The van der Waals surface area contributed by atoms with Crippen LogP contribution in [0.1, 0.15) is 55.8 Å². The zero-order chi connectivity index (χ0) is 19.8. The molecule has 0 aliphatic heterocycles. The van der Waals surface area contributed by atoms with Gasteiger partial charge in [0.15, 0.2) is 0 Å². The van der Waals surface area contributed by atoms with Gasteiger partial charge in [-0.15, -0.1) is 0 Å². The van der Waals surface area contributed by atoms with Gasteiger partial charge in [0, 0.05) is 0 Å². The maximum atomic E-state index is 6.24. The minimum atomic E-state index is -1.55. The second-order valence-electron chi connectivity index (χ2n) is 6.70. The molecule has 28 heavy (non-hydrogen) atoms. The summed E-state index contributed by atoms with van der Waals surface area (Å²) in [5.41, 5.74) is 3.30. The Balaban J connectivity index is 1.73. The predicted octanol–water partition coefficient (Wildman–Crippen LogP) is 7.55. The largest absolute Gasteiger partial charge is 0.334 e. The second-order valence-corrected chi connectivity index (χ2v) is 7.78. The SMILES string of the molecule is CC(OP(OC(C)c1ccccc1)OC(C)c1ccccc1)c1ccccc1. The van der Waals surface area contributed by atoms with E-state index in [1.807, 2.05) is 75.4 Å². The van der Waals surface area contributed by atoms with Crippen LogP contribution in [-0.2, 0) is 13.6 Å². The quantitative estimate of drug-likeness (QED) is 0.351. The van der Waals surface area contributed by atoms with Crippen molar-refractivity contribution >= 4 is 8.60 Å². The Labute approximate surface area is 169 Å². The average Bonchev–Trinajstić information content (AvgIpc) is 2.75. The smallest absolute Gasteiger partial charge is 0.304 e. The minimum Gasteiger partial charge on any atom is -0.304 e. The fourth-order valence-electron chi connectivity index (χ4n) is 2.82. The lowest BCUT2D eigenvalue weighted by molar-refractivity contribution is 0.0792. The van der Waals surface area contributed by atoms with E-state index in [9.17, 15) is 0 Å². The van der Waals surface area contributed by atoms with E-state index in [0.29, 0.717) is 0 Å². The molecule has 0 fully saturated rings. The van der Waals surface area contributed by atoms with Gasteiger partial charge >= 0.3 is 8.60 Å². The predicted molar refractivity (Wildman–Crippen MR) is 115 cm³/mol. The van der Waals surface area contributed by atoms with Gasteiger partial charge in [0.05, 0.1) is 18.3 Å². The lowest BCUT2D eigenvalue weighted by Gasteiger charge is -2.26. The molecule has 0 aromatic heterocycles. The summed E-state index contributed by atoms with van der Waals surface area (Å²) in [5.74, 6) is 0. The van der Waals surface area contributed by atoms with Crippen molar-refractivity contribution in [2.75, 3.05) is 0 Å². The standard InChI is InChI=1S/C24H27O3P/c1-19(22-13-7-4-8-14-22)25-28(26-20(2)23-15-9-5-10-16-23)27-21(3)24-17-11-6-12-18-24/h4-21H,1-3H3. The molecule has 0 aliphatic rings. The Hall–Kier alpha value is -2.03. The van der Waals surface area contributed by atoms with Crippen LogP contribution in [0.2, 0.25) is 0 Å². The maximum Gasteiger partial charge on any atom is 0.334 e. The van der Waals surface area contributed by atoms with Crippen molar-refractivity contribution in [3.63, 3.8) is 0 Å². The normalized spacial score (nSPS) is 15.5. The summed E-state index contributed by atoms with van der Waals surface area (Å²) in [5, 5.41) is 0. The van der Waals surface area contributed by atoms with Crippen molar-refractivity contribution in [2.45, 2.75) is 39.1 Å². The summed E-state index contributed by atoms with van der Waals surface area (Å²) in [7, 11) is -1.55. The van der Waals surface area contributed by atoms with Crippen molar-refractivity contribution in [1.82, 2.24) is 0 Å². The van der Waals surface area contributed by atoms with Gasteiger partial charge in [-0.25, -0.2) is 0 Å². The van der Waals surface area contributed by atoms with Crippen LogP contribution in [0.4, 0.5) is 0 Å². The van der Waals surface area contributed by atoms with Crippen molar-refractivity contribution < 1.29 is 13.6 Å². The van der Waals surface area contributed by atoms with Crippen LogP contribution in [0.25, 0.3) is 0 Å². The van der Waals surface area contributed by atoms with E-state index in [-0.39, 0.29) is 18.3 Å². The molecule has 3 nitrogen and oxygen atoms in total. The topological polar surface area (TPSA) is 27.7 Å². The van der Waals surface area contributed by atoms with Gasteiger partial charge in [-0.05, 0) is 37.5 Å². The van der Waals surface area contributed by atoms with Crippen LogP contribution in [-0.4, -0.2) is 0 Å². The molecule has 0 heterocycles. The highest BCUT2D eigenvalue weighted by atomic mass is 31.2. The molecule has 146 valence electrons. The Bertz CT molecular complexity index is 698. The minimum absolute atomic E-state index is 0.127. The molecule has 3 unspecified atom stereocenters. The van der Waals surface area contributed by atoms with Crippen LogP contribution in [0.5, 0.6) is 0 Å². The second kappa shape index (κ2) is 10.5. The Morgan fingerprint density at radius 2 is 0.714 bits per heavy atom. The summed E-state index contributed by atoms with van der Waals surface area (Å²) < 4.78 is 18.7. The number of rotatable bonds is 9. The van der Waals surface area contributed by atoms with Crippen molar-refractivity contribution in [1.29, 1.82) is 0 Å². The molecule has 0 radical (unpaired) electrons. The molecule has 0 bridgehead atoms. The van der Waals surface area contributed by atoms with Gasteiger partial charge in [0.2, 0.25) is 0 Å². The van der Waals surface area contributed by atoms with Gasteiger partial charge in [-0.3, -0.25) is 0 Å². The van der Waals surface area contributed by atoms with Crippen molar-refractivity contribution in [2.24, 2.45) is 0 Å². The third-order valence-electron chi connectivity index (χ3n) is 4.54. The summed E-state index contributed by atoms with van der Waals surface area (Å²) in [4.78, 5) is 0. The molecular formula is C24H27O3P. The molecule has 3 atom stereocenters. The molecule has 3 aromatic carbocycles. The van der Waals surface area contributed by atoms with Crippen molar-refractivity contribution in [3.05, 3.63) is 108 Å². The molecule has 0 N–H and O–H groups in total. The lowest BCUT2D eigenvalue weighted by atomic mass is 10.1. The van der Waals surface area contributed by atoms with Crippen molar-refractivity contribution in [3.8, 4) is 0 Å². The fraction of sp³-hybridized carbons (Fsp3) is 0.250. The van der Waals surface area contributed by atoms with E-state index in [2.05, 4.69) is 36.4 Å². The van der Waals surface area contributed by atoms with Gasteiger partial charge in [-0.1, -0.05) is 91.0 Å². The van der Waals surface area contributed by atoms with E-state index < -0.39 is 8.60 Å². The highest BCUT2D eigenvalue weighted by Crippen LogP contribution is 2.51. The number of hydrogen-bond acceptors (Lipinski definition) is 3. The molecule has 0 saturated carbocycles. The molecule has 0 aliphatic carbocycles. The lowest BCUT2D eigenvalue weighted by Crippen LogP contribution is -2.06. The van der Waals surface area contributed by atoms with Crippen LogP contribution in [0.3, 0.4) is 0 Å². The monoisotopic (exact) mass is 394 g/mol. The van der Waals surface area contributed by atoms with Crippen LogP contribution in [0, 0.1) is 0 Å². The van der Waals surface area contributed by atoms with Gasteiger partial charge in [-0.2, -0.15) is 0 Å². The third kappa shape index (κ3) is 5.98. The first-order valence-electron chi connectivity index (χ1n) is 9.58. The Morgan fingerprint density at radius 3 is 0.964 bits per heavy atom. The highest BCUT2D eigenvalue weighted by molar-refractivity contribution is 7.41. The molecule has 4 heteroatoms.